The van der Waals surface area contributed by atoms with Crippen molar-refractivity contribution in [2.45, 2.75) is 39.0 Å². The summed E-state index contributed by atoms with van der Waals surface area (Å²) in [4.78, 5) is 30.4. The van der Waals surface area contributed by atoms with Crippen molar-refractivity contribution >= 4 is 11.8 Å². The van der Waals surface area contributed by atoms with Crippen LogP contribution >= 0.6 is 0 Å². The lowest BCUT2D eigenvalue weighted by molar-refractivity contribution is 0.0652. The van der Waals surface area contributed by atoms with Gasteiger partial charge in [0.05, 0.1) is 11.1 Å². The van der Waals surface area contributed by atoms with E-state index in [9.17, 15) is 9.59 Å². The van der Waals surface area contributed by atoms with Gasteiger partial charge in [-0.2, -0.15) is 0 Å². The van der Waals surface area contributed by atoms with Crippen LogP contribution in [0.4, 0.5) is 0 Å². The van der Waals surface area contributed by atoms with E-state index in [1.807, 2.05) is 12.3 Å². The molecule has 2 amide bonds. The molecule has 0 atom stereocenters. The summed E-state index contributed by atoms with van der Waals surface area (Å²) in [5.41, 5.74) is 3.30. The molecule has 0 bridgehead atoms. The molecule has 4 heteroatoms. The number of aryl methyl sites for hydroxylation is 2. The second-order valence-electron chi connectivity index (χ2n) is 6.17. The normalized spacial score (nSPS) is 13.5. The van der Waals surface area contributed by atoms with Gasteiger partial charge in [0.1, 0.15) is 0 Å². The molecule has 4 nitrogen and oxygen atoms in total. The van der Waals surface area contributed by atoms with Crippen LogP contribution in [0.15, 0.2) is 42.6 Å². The van der Waals surface area contributed by atoms with Crippen molar-refractivity contribution in [3.05, 3.63) is 65.0 Å². The van der Waals surface area contributed by atoms with Crippen LogP contribution in [-0.2, 0) is 12.8 Å². The number of hydrogen-bond acceptors (Lipinski definition) is 3. The molecule has 1 aromatic carbocycles. The van der Waals surface area contributed by atoms with Gasteiger partial charge in [-0.25, -0.2) is 0 Å². The summed E-state index contributed by atoms with van der Waals surface area (Å²) in [5.74, 6) is -0.364. The Balaban J connectivity index is 1.54. The molecule has 2 heterocycles. The summed E-state index contributed by atoms with van der Waals surface area (Å²) < 4.78 is 0. The topological polar surface area (TPSA) is 50.3 Å². The number of imide groups is 1. The van der Waals surface area contributed by atoms with Crippen LogP contribution in [0.5, 0.6) is 0 Å². The van der Waals surface area contributed by atoms with Gasteiger partial charge >= 0.3 is 0 Å². The van der Waals surface area contributed by atoms with Crippen molar-refractivity contribution in [1.82, 2.24) is 9.88 Å². The van der Waals surface area contributed by atoms with Crippen LogP contribution in [0.2, 0.25) is 0 Å². The predicted octanol–water partition coefficient (Wildman–Crippen LogP) is 3.65. The molecule has 1 aliphatic heterocycles. The smallest absolute Gasteiger partial charge is 0.261 e. The van der Waals surface area contributed by atoms with Gasteiger partial charge in [0, 0.05) is 18.4 Å². The fraction of sp³-hybridized carbons (Fsp3) is 0.350. The number of amides is 2. The Hall–Kier alpha value is -2.49. The van der Waals surface area contributed by atoms with Crippen molar-refractivity contribution in [3.63, 3.8) is 0 Å². The molecule has 0 fully saturated rings. The van der Waals surface area contributed by atoms with Gasteiger partial charge in [-0.15, -0.1) is 0 Å². The summed E-state index contributed by atoms with van der Waals surface area (Å²) >= 11 is 0. The Bertz CT molecular complexity index is 703. The number of pyridine rings is 1. The number of nitrogens with zero attached hydrogens (tertiary/aromatic N) is 2. The van der Waals surface area contributed by atoms with Crippen LogP contribution in [0.1, 0.15) is 58.2 Å². The van der Waals surface area contributed by atoms with E-state index in [1.165, 1.54) is 23.3 Å². The van der Waals surface area contributed by atoms with Crippen molar-refractivity contribution in [3.8, 4) is 0 Å². The first-order chi connectivity index (χ1) is 11.7. The lowest BCUT2D eigenvalue weighted by Crippen LogP contribution is -2.31. The van der Waals surface area contributed by atoms with E-state index in [0.29, 0.717) is 17.7 Å². The molecule has 3 rings (SSSR count). The number of hydrogen-bond donors (Lipinski definition) is 0. The third-order valence-corrected chi connectivity index (χ3v) is 4.40. The Kier molecular flexibility index (Phi) is 5.04. The molecule has 1 aromatic heterocycles. The second-order valence-corrected chi connectivity index (χ2v) is 6.17. The number of aromatic nitrogens is 1. The van der Waals surface area contributed by atoms with Crippen molar-refractivity contribution in [2.24, 2.45) is 0 Å². The van der Waals surface area contributed by atoms with Crippen LogP contribution < -0.4 is 0 Å². The highest BCUT2D eigenvalue weighted by Gasteiger charge is 2.34. The van der Waals surface area contributed by atoms with E-state index in [-0.39, 0.29) is 11.8 Å². The summed E-state index contributed by atoms with van der Waals surface area (Å²) in [6, 6.07) is 11.2. The summed E-state index contributed by atoms with van der Waals surface area (Å²) in [6.07, 6.45) is 6.86. The average Bonchev–Trinajstić information content (AvgIpc) is 2.86. The van der Waals surface area contributed by atoms with Crippen molar-refractivity contribution in [2.75, 3.05) is 6.54 Å². The zero-order valence-electron chi connectivity index (χ0n) is 14.0. The number of rotatable bonds is 7. The summed E-state index contributed by atoms with van der Waals surface area (Å²) in [5, 5.41) is 0. The third-order valence-electron chi connectivity index (χ3n) is 4.40. The minimum Gasteiger partial charge on any atom is -0.274 e. The Morgan fingerprint density at radius 2 is 1.62 bits per heavy atom. The molecule has 0 aliphatic carbocycles. The Labute approximate surface area is 142 Å². The van der Waals surface area contributed by atoms with Crippen LogP contribution in [0, 0.1) is 0 Å². The van der Waals surface area contributed by atoms with E-state index in [1.54, 1.807) is 24.3 Å². The largest absolute Gasteiger partial charge is 0.274 e. The second kappa shape index (κ2) is 7.39. The highest BCUT2D eigenvalue weighted by Crippen LogP contribution is 2.22. The molecule has 0 N–H and O–H groups in total. The maximum Gasteiger partial charge on any atom is 0.261 e. The van der Waals surface area contributed by atoms with E-state index in [4.69, 9.17) is 0 Å². The highest BCUT2D eigenvalue weighted by atomic mass is 16.2. The fourth-order valence-electron chi connectivity index (χ4n) is 2.99. The molecule has 0 spiro atoms. The molecule has 0 saturated heterocycles. The SMILES string of the molecule is CCCCc1ccc(CCCN2C(=O)c3ccccc3C2=O)nc1. The summed E-state index contributed by atoms with van der Waals surface area (Å²) in [6.45, 7) is 2.62. The monoisotopic (exact) mass is 322 g/mol. The maximum absolute atomic E-state index is 12.3. The van der Waals surface area contributed by atoms with Gasteiger partial charge in [-0.05, 0) is 49.4 Å². The van der Waals surface area contributed by atoms with Crippen LogP contribution in [-0.4, -0.2) is 28.2 Å². The molecule has 124 valence electrons. The first kappa shape index (κ1) is 16.4. The van der Waals surface area contributed by atoms with Crippen molar-refractivity contribution in [1.29, 1.82) is 0 Å². The van der Waals surface area contributed by atoms with Gasteiger partial charge < -0.3 is 0 Å². The number of carbonyl (C=O) groups is 2. The predicted molar refractivity (Wildman–Crippen MR) is 93.0 cm³/mol. The number of carbonyl (C=O) groups excluding carboxylic acids is 2. The zero-order chi connectivity index (χ0) is 16.9. The molecule has 1 aliphatic rings. The van der Waals surface area contributed by atoms with E-state index in [2.05, 4.69) is 18.0 Å². The van der Waals surface area contributed by atoms with E-state index in [0.717, 1.165) is 25.0 Å². The molecule has 0 saturated carbocycles. The van der Waals surface area contributed by atoms with Gasteiger partial charge in [0.15, 0.2) is 0 Å². The molecular weight excluding hydrogens is 300 g/mol. The molecule has 0 unspecified atom stereocenters. The molecule has 0 radical (unpaired) electrons. The highest BCUT2D eigenvalue weighted by molar-refractivity contribution is 6.21. The fourth-order valence-corrected chi connectivity index (χ4v) is 2.99. The standard InChI is InChI=1S/C20H22N2O2/c1-2-3-7-15-11-12-16(21-14-15)8-6-13-22-19(23)17-9-4-5-10-18(17)20(22)24/h4-5,9-12,14H,2-3,6-8,13H2,1H3. The number of benzene rings is 1. The lowest BCUT2D eigenvalue weighted by Gasteiger charge is -2.13. The maximum atomic E-state index is 12.3. The zero-order valence-corrected chi connectivity index (χ0v) is 14.0. The lowest BCUT2D eigenvalue weighted by atomic mass is 10.1. The van der Waals surface area contributed by atoms with Gasteiger partial charge in [-0.1, -0.05) is 31.5 Å². The summed E-state index contributed by atoms with van der Waals surface area (Å²) in [7, 11) is 0. The Morgan fingerprint density at radius 3 is 2.21 bits per heavy atom. The quantitative estimate of drug-likeness (QED) is 0.731. The van der Waals surface area contributed by atoms with Crippen molar-refractivity contribution < 1.29 is 9.59 Å². The molecule has 2 aromatic rings. The average molecular weight is 322 g/mol. The molecule has 24 heavy (non-hydrogen) atoms. The first-order valence-electron chi connectivity index (χ1n) is 8.59. The number of fused-ring (bicyclic) bond motifs is 1. The minimum absolute atomic E-state index is 0.182. The number of unbranched alkanes of at least 4 members (excludes halogenated alkanes) is 1. The van der Waals surface area contributed by atoms with Gasteiger partial charge in [0.2, 0.25) is 0 Å². The van der Waals surface area contributed by atoms with Crippen LogP contribution in [0.3, 0.4) is 0 Å². The van der Waals surface area contributed by atoms with E-state index >= 15 is 0 Å². The third kappa shape index (κ3) is 3.37. The minimum atomic E-state index is -0.182. The van der Waals surface area contributed by atoms with Gasteiger partial charge in [0.25, 0.3) is 11.8 Å². The van der Waals surface area contributed by atoms with Gasteiger partial charge in [-0.3, -0.25) is 19.5 Å². The first-order valence-corrected chi connectivity index (χ1v) is 8.59. The molecular formula is C20H22N2O2. The van der Waals surface area contributed by atoms with Crippen LogP contribution in [0.25, 0.3) is 0 Å². The van der Waals surface area contributed by atoms with E-state index < -0.39 is 0 Å². The Morgan fingerprint density at radius 1 is 0.917 bits per heavy atom.